The number of nitrogen functional groups attached to an aromatic ring is 1. The number of hydrogen-bond acceptors (Lipinski definition) is 3. The number of aromatic nitrogens is 1. The molecular weight excluding hydrogens is 226 g/mol. The summed E-state index contributed by atoms with van der Waals surface area (Å²) in [5.74, 6) is 1.47. The average Bonchev–Trinajstić information content (AvgIpc) is 2.39. The normalized spacial score (nSPS) is 17.2. The highest BCUT2D eigenvalue weighted by Gasteiger charge is 2.25. The fourth-order valence-corrected chi connectivity index (χ4v) is 2.46. The van der Waals surface area contributed by atoms with Crippen LogP contribution in [0.2, 0.25) is 0 Å². The monoisotopic (exact) mass is 247 g/mol. The molecule has 98 valence electrons. The van der Waals surface area contributed by atoms with Crippen molar-refractivity contribution >= 4 is 11.6 Å². The molecule has 1 aromatic heterocycles. The zero-order valence-electron chi connectivity index (χ0n) is 11.1. The van der Waals surface area contributed by atoms with Crippen LogP contribution in [0.1, 0.15) is 37.2 Å². The third-order valence-corrected chi connectivity index (χ3v) is 3.78. The Balaban J connectivity index is 1.97. The summed E-state index contributed by atoms with van der Waals surface area (Å²) in [5.41, 5.74) is 6.65. The summed E-state index contributed by atoms with van der Waals surface area (Å²) in [6, 6.07) is 3.42. The van der Waals surface area contributed by atoms with E-state index in [1.54, 1.807) is 12.1 Å². The average molecular weight is 247 g/mol. The highest BCUT2D eigenvalue weighted by atomic mass is 16.2. The van der Waals surface area contributed by atoms with Crippen LogP contribution in [0.5, 0.6) is 0 Å². The number of nitrogens with two attached hydrogens (primary N) is 1. The minimum atomic E-state index is 0.0252. The molecule has 0 aromatic carbocycles. The molecule has 2 N–H and O–H groups in total. The number of pyridine rings is 1. The lowest BCUT2D eigenvalue weighted by Gasteiger charge is -2.33. The first-order chi connectivity index (χ1) is 8.58. The number of carbonyl (C=O) groups is 1. The number of nitrogens with zero attached hydrogens (tertiary/aromatic N) is 2. The fourth-order valence-electron chi connectivity index (χ4n) is 2.46. The fraction of sp³-hybridized carbons (Fsp3) is 0.571. The smallest absolute Gasteiger partial charge is 0.272 e. The van der Waals surface area contributed by atoms with Gasteiger partial charge in [0, 0.05) is 13.1 Å². The van der Waals surface area contributed by atoms with Gasteiger partial charge in [0.25, 0.3) is 5.91 Å². The van der Waals surface area contributed by atoms with Crippen LogP contribution >= 0.6 is 0 Å². The topological polar surface area (TPSA) is 59.2 Å². The molecule has 0 unspecified atom stereocenters. The van der Waals surface area contributed by atoms with E-state index in [0.29, 0.717) is 17.3 Å². The zero-order chi connectivity index (χ0) is 13.1. The van der Waals surface area contributed by atoms with Gasteiger partial charge in [-0.15, -0.1) is 0 Å². The van der Waals surface area contributed by atoms with Crippen LogP contribution in [0.3, 0.4) is 0 Å². The lowest BCUT2D eigenvalue weighted by molar-refractivity contribution is 0.0662. The van der Waals surface area contributed by atoms with Crippen LogP contribution in [-0.4, -0.2) is 28.9 Å². The molecule has 4 nitrogen and oxygen atoms in total. The van der Waals surface area contributed by atoms with Gasteiger partial charge in [-0.05, 0) is 36.8 Å². The van der Waals surface area contributed by atoms with Crippen LogP contribution in [-0.2, 0) is 0 Å². The van der Waals surface area contributed by atoms with Gasteiger partial charge >= 0.3 is 0 Å². The van der Waals surface area contributed by atoms with E-state index in [1.165, 1.54) is 6.20 Å². The molecular formula is C14H21N3O. The van der Waals surface area contributed by atoms with Crippen molar-refractivity contribution in [2.24, 2.45) is 11.8 Å². The number of likely N-dealkylation sites (tertiary alicyclic amines) is 1. The van der Waals surface area contributed by atoms with Crippen LogP contribution in [0.25, 0.3) is 0 Å². The molecule has 0 spiro atoms. The van der Waals surface area contributed by atoms with Gasteiger partial charge in [0.15, 0.2) is 0 Å². The molecule has 2 rings (SSSR count). The van der Waals surface area contributed by atoms with E-state index in [4.69, 9.17) is 5.73 Å². The minimum absolute atomic E-state index is 0.0252. The number of amides is 1. The second kappa shape index (κ2) is 5.38. The van der Waals surface area contributed by atoms with Gasteiger partial charge in [-0.1, -0.05) is 13.8 Å². The van der Waals surface area contributed by atoms with Crippen LogP contribution in [0.4, 0.5) is 5.69 Å². The standard InChI is InChI=1S/C14H21N3O/c1-10(2)11-5-7-17(8-6-11)14(18)13-4-3-12(15)9-16-13/h3-4,9-11H,5-8,15H2,1-2H3. The Hall–Kier alpha value is -1.58. The van der Waals surface area contributed by atoms with Crippen molar-refractivity contribution in [1.29, 1.82) is 0 Å². The summed E-state index contributed by atoms with van der Waals surface area (Å²) in [5, 5.41) is 0. The molecule has 0 radical (unpaired) electrons. The molecule has 0 saturated carbocycles. The largest absolute Gasteiger partial charge is 0.397 e. The molecule has 0 bridgehead atoms. The van der Waals surface area contributed by atoms with Crippen LogP contribution in [0, 0.1) is 11.8 Å². The predicted octanol–water partition coefficient (Wildman–Crippen LogP) is 2.17. The molecule has 18 heavy (non-hydrogen) atoms. The summed E-state index contributed by atoms with van der Waals surface area (Å²) in [6.45, 7) is 6.19. The summed E-state index contributed by atoms with van der Waals surface area (Å²) >= 11 is 0. The lowest BCUT2D eigenvalue weighted by atomic mass is 9.86. The van der Waals surface area contributed by atoms with Crippen molar-refractivity contribution in [3.63, 3.8) is 0 Å². The summed E-state index contributed by atoms with van der Waals surface area (Å²) in [4.78, 5) is 18.2. The SMILES string of the molecule is CC(C)C1CCN(C(=O)c2ccc(N)cn2)CC1. The Morgan fingerprint density at radius 2 is 2.06 bits per heavy atom. The molecule has 1 amide bonds. The lowest BCUT2D eigenvalue weighted by Crippen LogP contribution is -2.39. The molecule has 1 aliphatic rings. The van der Waals surface area contributed by atoms with Gasteiger partial charge in [0.1, 0.15) is 5.69 Å². The van der Waals surface area contributed by atoms with E-state index in [0.717, 1.165) is 31.8 Å². The van der Waals surface area contributed by atoms with E-state index in [9.17, 15) is 4.79 Å². The number of piperidine rings is 1. The predicted molar refractivity (Wildman–Crippen MR) is 72.1 cm³/mol. The summed E-state index contributed by atoms with van der Waals surface area (Å²) in [7, 11) is 0. The molecule has 2 heterocycles. The van der Waals surface area contributed by atoms with Crippen molar-refractivity contribution in [1.82, 2.24) is 9.88 Å². The first-order valence-corrected chi connectivity index (χ1v) is 6.58. The Morgan fingerprint density at radius 3 is 2.56 bits per heavy atom. The molecule has 0 aliphatic carbocycles. The quantitative estimate of drug-likeness (QED) is 0.871. The second-order valence-corrected chi connectivity index (χ2v) is 5.35. The van der Waals surface area contributed by atoms with E-state index in [2.05, 4.69) is 18.8 Å². The molecule has 1 aromatic rings. The third-order valence-electron chi connectivity index (χ3n) is 3.78. The number of hydrogen-bond donors (Lipinski definition) is 1. The van der Waals surface area contributed by atoms with Crippen molar-refractivity contribution in [3.8, 4) is 0 Å². The summed E-state index contributed by atoms with van der Waals surface area (Å²) < 4.78 is 0. The van der Waals surface area contributed by atoms with E-state index in [-0.39, 0.29) is 5.91 Å². The van der Waals surface area contributed by atoms with Crippen molar-refractivity contribution in [3.05, 3.63) is 24.0 Å². The molecule has 0 atom stereocenters. The Labute approximate surface area is 108 Å². The zero-order valence-corrected chi connectivity index (χ0v) is 11.1. The van der Waals surface area contributed by atoms with Crippen molar-refractivity contribution in [2.75, 3.05) is 18.8 Å². The number of anilines is 1. The van der Waals surface area contributed by atoms with Gasteiger partial charge in [0.05, 0.1) is 11.9 Å². The van der Waals surface area contributed by atoms with Gasteiger partial charge in [0.2, 0.25) is 0 Å². The number of rotatable bonds is 2. The number of carbonyl (C=O) groups excluding carboxylic acids is 1. The Morgan fingerprint density at radius 1 is 1.39 bits per heavy atom. The van der Waals surface area contributed by atoms with Crippen LogP contribution < -0.4 is 5.73 Å². The first kappa shape index (κ1) is 12.9. The minimum Gasteiger partial charge on any atom is -0.397 e. The van der Waals surface area contributed by atoms with Crippen LogP contribution in [0.15, 0.2) is 18.3 Å². The molecule has 1 aliphatic heterocycles. The highest BCUT2D eigenvalue weighted by molar-refractivity contribution is 5.92. The molecule has 1 fully saturated rings. The van der Waals surface area contributed by atoms with Crippen molar-refractivity contribution < 1.29 is 4.79 Å². The maximum absolute atomic E-state index is 12.2. The molecule has 1 saturated heterocycles. The van der Waals surface area contributed by atoms with Gasteiger partial charge in [-0.2, -0.15) is 0 Å². The highest BCUT2D eigenvalue weighted by Crippen LogP contribution is 2.25. The van der Waals surface area contributed by atoms with Gasteiger partial charge < -0.3 is 10.6 Å². The van der Waals surface area contributed by atoms with Crippen molar-refractivity contribution in [2.45, 2.75) is 26.7 Å². The Kier molecular flexibility index (Phi) is 3.84. The maximum Gasteiger partial charge on any atom is 0.272 e. The third kappa shape index (κ3) is 2.81. The van der Waals surface area contributed by atoms with Gasteiger partial charge in [-0.25, -0.2) is 4.98 Å². The van der Waals surface area contributed by atoms with E-state index < -0.39 is 0 Å². The van der Waals surface area contributed by atoms with Gasteiger partial charge in [-0.3, -0.25) is 4.79 Å². The van der Waals surface area contributed by atoms with E-state index in [1.807, 2.05) is 4.90 Å². The Bertz CT molecular complexity index is 406. The molecule has 4 heteroatoms. The van der Waals surface area contributed by atoms with E-state index >= 15 is 0 Å². The first-order valence-electron chi connectivity index (χ1n) is 6.58. The summed E-state index contributed by atoms with van der Waals surface area (Å²) in [6.07, 6.45) is 3.73. The maximum atomic E-state index is 12.2. The second-order valence-electron chi connectivity index (χ2n) is 5.35.